The van der Waals surface area contributed by atoms with Crippen LogP contribution in [0.2, 0.25) is 0 Å². The highest BCUT2D eigenvalue weighted by Crippen LogP contribution is 2.15. The van der Waals surface area contributed by atoms with Crippen LogP contribution in [-0.2, 0) is 6.42 Å². The number of benzene rings is 1. The van der Waals surface area contributed by atoms with Crippen molar-refractivity contribution in [3.05, 3.63) is 65.5 Å². The highest BCUT2D eigenvalue weighted by Gasteiger charge is 2.06. The summed E-state index contributed by atoms with van der Waals surface area (Å²) in [5, 5.41) is 6.73. The number of hydrogen-bond donors (Lipinski definition) is 2. The Kier molecular flexibility index (Phi) is 6.60. The molecule has 1 unspecified atom stereocenters. The van der Waals surface area contributed by atoms with Gasteiger partial charge in [-0.25, -0.2) is 0 Å². The fraction of sp³-hybridized carbons (Fsp3) is 0.368. The van der Waals surface area contributed by atoms with E-state index >= 15 is 0 Å². The Morgan fingerprint density at radius 3 is 2.74 bits per heavy atom. The predicted octanol–water partition coefficient (Wildman–Crippen LogP) is 2.90. The SMILES string of the molecule is CN=C(NCCc1ccccn1)NCC(C)c1cccc(C)c1. The minimum absolute atomic E-state index is 0.434. The zero-order chi connectivity index (χ0) is 16.5. The summed E-state index contributed by atoms with van der Waals surface area (Å²) in [4.78, 5) is 8.60. The lowest BCUT2D eigenvalue weighted by Gasteiger charge is -2.16. The summed E-state index contributed by atoms with van der Waals surface area (Å²) in [6.07, 6.45) is 2.71. The Morgan fingerprint density at radius 2 is 2.04 bits per heavy atom. The normalized spacial score (nSPS) is 12.7. The fourth-order valence-corrected chi connectivity index (χ4v) is 2.42. The standard InChI is InChI=1S/C19H26N4/c1-15-7-6-8-17(13-15)16(2)14-23-19(20-3)22-12-10-18-9-4-5-11-21-18/h4-9,11,13,16H,10,12,14H2,1-3H3,(H2,20,22,23). The summed E-state index contributed by atoms with van der Waals surface area (Å²) in [6, 6.07) is 14.6. The average molecular weight is 310 g/mol. The zero-order valence-electron chi connectivity index (χ0n) is 14.2. The van der Waals surface area contributed by atoms with Gasteiger partial charge in [0.15, 0.2) is 5.96 Å². The molecule has 4 heteroatoms. The van der Waals surface area contributed by atoms with Crippen molar-refractivity contribution in [1.82, 2.24) is 15.6 Å². The largest absolute Gasteiger partial charge is 0.356 e. The number of hydrogen-bond acceptors (Lipinski definition) is 2. The minimum Gasteiger partial charge on any atom is -0.356 e. The summed E-state index contributed by atoms with van der Waals surface area (Å²) in [5.74, 6) is 1.27. The predicted molar refractivity (Wildman–Crippen MR) is 96.9 cm³/mol. The van der Waals surface area contributed by atoms with Crippen molar-refractivity contribution >= 4 is 5.96 Å². The van der Waals surface area contributed by atoms with Gasteiger partial charge in [-0.3, -0.25) is 9.98 Å². The maximum atomic E-state index is 4.32. The molecule has 2 aromatic rings. The third-order valence-corrected chi connectivity index (χ3v) is 3.81. The number of nitrogens with one attached hydrogen (secondary N) is 2. The van der Waals surface area contributed by atoms with Crippen LogP contribution in [0.1, 0.15) is 29.7 Å². The molecule has 0 aliphatic heterocycles. The van der Waals surface area contributed by atoms with Crippen molar-refractivity contribution in [2.45, 2.75) is 26.2 Å². The lowest BCUT2D eigenvalue weighted by Crippen LogP contribution is -2.40. The monoisotopic (exact) mass is 310 g/mol. The van der Waals surface area contributed by atoms with Crippen LogP contribution in [0.3, 0.4) is 0 Å². The first-order valence-electron chi connectivity index (χ1n) is 8.10. The molecule has 0 amide bonds. The van der Waals surface area contributed by atoms with Gasteiger partial charge in [0.25, 0.3) is 0 Å². The van der Waals surface area contributed by atoms with Crippen LogP contribution in [0.15, 0.2) is 53.7 Å². The van der Waals surface area contributed by atoms with Crippen molar-refractivity contribution in [2.75, 3.05) is 20.1 Å². The number of rotatable bonds is 6. The Labute approximate surface area is 139 Å². The van der Waals surface area contributed by atoms with Gasteiger partial charge >= 0.3 is 0 Å². The fourth-order valence-electron chi connectivity index (χ4n) is 2.42. The van der Waals surface area contributed by atoms with E-state index in [1.807, 2.05) is 24.4 Å². The third-order valence-electron chi connectivity index (χ3n) is 3.81. The van der Waals surface area contributed by atoms with Crippen molar-refractivity contribution in [2.24, 2.45) is 4.99 Å². The van der Waals surface area contributed by atoms with Crippen LogP contribution in [0.5, 0.6) is 0 Å². The molecule has 1 aromatic carbocycles. The van der Waals surface area contributed by atoms with E-state index < -0.39 is 0 Å². The molecular formula is C19H26N4. The molecule has 0 saturated carbocycles. The van der Waals surface area contributed by atoms with E-state index in [1.54, 1.807) is 7.05 Å². The van der Waals surface area contributed by atoms with Crippen molar-refractivity contribution in [1.29, 1.82) is 0 Å². The molecule has 1 aromatic heterocycles. The van der Waals surface area contributed by atoms with Gasteiger partial charge in [0.1, 0.15) is 0 Å². The Bertz CT molecular complexity index is 622. The van der Waals surface area contributed by atoms with Crippen molar-refractivity contribution < 1.29 is 0 Å². The number of aryl methyl sites for hydroxylation is 1. The van der Waals surface area contributed by atoms with E-state index in [0.29, 0.717) is 5.92 Å². The van der Waals surface area contributed by atoms with Crippen molar-refractivity contribution in [3.8, 4) is 0 Å². The molecule has 0 radical (unpaired) electrons. The van der Waals surface area contributed by atoms with Gasteiger partial charge in [-0.2, -0.15) is 0 Å². The lowest BCUT2D eigenvalue weighted by atomic mass is 9.99. The van der Waals surface area contributed by atoms with Gasteiger partial charge in [-0.15, -0.1) is 0 Å². The maximum Gasteiger partial charge on any atom is 0.191 e. The van der Waals surface area contributed by atoms with Crippen LogP contribution in [0, 0.1) is 6.92 Å². The molecule has 23 heavy (non-hydrogen) atoms. The molecule has 0 bridgehead atoms. The number of aliphatic imine (C=N–C) groups is 1. The van der Waals surface area contributed by atoms with E-state index in [0.717, 1.165) is 31.2 Å². The highest BCUT2D eigenvalue weighted by atomic mass is 15.2. The van der Waals surface area contributed by atoms with Gasteiger partial charge < -0.3 is 10.6 Å². The molecule has 1 heterocycles. The Balaban J connectivity index is 1.76. The Hall–Kier alpha value is -2.36. The molecule has 0 aliphatic carbocycles. The van der Waals surface area contributed by atoms with E-state index in [-0.39, 0.29) is 0 Å². The first-order chi connectivity index (χ1) is 11.2. The molecule has 0 spiro atoms. The van der Waals surface area contributed by atoms with Crippen LogP contribution >= 0.6 is 0 Å². The highest BCUT2D eigenvalue weighted by molar-refractivity contribution is 5.79. The van der Waals surface area contributed by atoms with Crippen LogP contribution in [-0.4, -0.2) is 31.1 Å². The first kappa shape index (κ1) is 17.0. The summed E-state index contributed by atoms with van der Waals surface area (Å²) in [6.45, 7) is 6.02. The minimum atomic E-state index is 0.434. The van der Waals surface area contributed by atoms with Gasteiger partial charge in [-0.1, -0.05) is 42.8 Å². The lowest BCUT2D eigenvalue weighted by molar-refractivity contribution is 0.696. The van der Waals surface area contributed by atoms with E-state index in [2.05, 4.69) is 58.7 Å². The number of nitrogens with zero attached hydrogens (tertiary/aromatic N) is 2. The average Bonchev–Trinajstić information content (AvgIpc) is 2.58. The van der Waals surface area contributed by atoms with E-state index in [1.165, 1.54) is 11.1 Å². The first-order valence-corrected chi connectivity index (χ1v) is 8.10. The van der Waals surface area contributed by atoms with Crippen molar-refractivity contribution in [3.63, 3.8) is 0 Å². The van der Waals surface area contributed by atoms with Gasteiger partial charge in [-0.05, 0) is 30.5 Å². The van der Waals surface area contributed by atoms with Crippen LogP contribution < -0.4 is 10.6 Å². The van der Waals surface area contributed by atoms with Gasteiger partial charge in [0, 0.05) is 38.4 Å². The summed E-state index contributed by atoms with van der Waals surface area (Å²) in [5.41, 5.74) is 3.73. The molecule has 0 fully saturated rings. The van der Waals surface area contributed by atoms with Crippen LogP contribution in [0.25, 0.3) is 0 Å². The third kappa shape index (κ3) is 5.74. The van der Waals surface area contributed by atoms with Gasteiger partial charge in [0.2, 0.25) is 0 Å². The number of pyridine rings is 1. The number of guanidine groups is 1. The summed E-state index contributed by atoms with van der Waals surface area (Å²) >= 11 is 0. The summed E-state index contributed by atoms with van der Waals surface area (Å²) in [7, 11) is 1.80. The molecule has 0 saturated heterocycles. The van der Waals surface area contributed by atoms with E-state index in [4.69, 9.17) is 0 Å². The molecule has 1 atom stereocenters. The quantitative estimate of drug-likeness (QED) is 0.637. The van der Waals surface area contributed by atoms with Crippen LogP contribution in [0.4, 0.5) is 0 Å². The molecule has 2 N–H and O–H groups in total. The second-order valence-electron chi connectivity index (χ2n) is 5.77. The smallest absolute Gasteiger partial charge is 0.191 e. The molecule has 4 nitrogen and oxygen atoms in total. The summed E-state index contributed by atoms with van der Waals surface area (Å²) < 4.78 is 0. The zero-order valence-corrected chi connectivity index (χ0v) is 14.2. The molecule has 122 valence electrons. The number of aromatic nitrogens is 1. The second-order valence-corrected chi connectivity index (χ2v) is 5.77. The maximum absolute atomic E-state index is 4.32. The molecule has 0 aliphatic rings. The molecule has 2 rings (SSSR count). The molecular weight excluding hydrogens is 284 g/mol. The topological polar surface area (TPSA) is 49.3 Å². The second kappa shape index (κ2) is 8.93. The van der Waals surface area contributed by atoms with E-state index in [9.17, 15) is 0 Å². The Morgan fingerprint density at radius 1 is 1.17 bits per heavy atom. The van der Waals surface area contributed by atoms with Gasteiger partial charge in [0.05, 0.1) is 0 Å².